The normalized spacial score (nSPS) is 33.7. The maximum absolute atomic E-state index is 10.4. The lowest BCUT2D eigenvalue weighted by Gasteiger charge is -2.40. The molecular weight excluding hydrogens is 638 g/mol. The van der Waals surface area contributed by atoms with E-state index in [1.807, 2.05) is 6.92 Å². The molecule has 0 aromatic rings. The van der Waals surface area contributed by atoms with E-state index in [0.717, 1.165) is 37.0 Å². The van der Waals surface area contributed by atoms with Crippen LogP contribution < -0.4 is 0 Å². The molecule has 1 saturated heterocycles. The third-order valence-corrected chi connectivity index (χ3v) is 9.28. The predicted molar refractivity (Wildman–Crippen MR) is 143 cm³/mol. The Morgan fingerprint density at radius 1 is 1.22 bits per heavy atom. The molecule has 2 unspecified atom stereocenters. The Balaban J connectivity index is 1.76. The van der Waals surface area contributed by atoms with E-state index in [1.54, 1.807) is 0 Å². The number of rotatable bonds is 10. The number of ether oxygens (including phenoxy) is 2. The first kappa shape index (κ1) is 26.5. The summed E-state index contributed by atoms with van der Waals surface area (Å²) in [6, 6.07) is 0. The zero-order valence-corrected chi connectivity index (χ0v) is 22.9. The van der Waals surface area contributed by atoms with E-state index < -0.39 is 37.3 Å². The van der Waals surface area contributed by atoms with Gasteiger partial charge in [0, 0.05) is 12.0 Å². The molecule has 180 valence electrons. The van der Waals surface area contributed by atoms with Gasteiger partial charge in [-0.3, -0.25) is 0 Å². The van der Waals surface area contributed by atoms with Crippen molar-refractivity contribution in [1.29, 1.82) is 0 Å². The van der Waals surface area contributed by atoms with Gasteiger partial charge in [0.2, 0.25) is 6.29 Å². The summed E-state index contributed by atoms with van der Waals surface area (Å²) in [5.74, 6) is 0.749. The zero-order chi connectivity index (χ0) is 23.3. The zero-order valence-electron chi connectivity index (χ0n) is 18.6. The van der Waals surface area contributed by atoms with Crippen LogP contribution in [-0.2, 0) is 9.47 Å². The van der Waals surface area contributed by atoms with Crippen LogP contribution in [0.2, 0.25) is 0 Å². The minimum Gasteiger partial charge on any atom is -0.466 e. The van der Waals surface area contributed by atoms with E-state index >= 15 is 0 Å². The van der Waals surface area contributed by atoms with Crippen molar-refractivity contribution in [1.82, 2.24) is 0 Å². The first-order valence-corrected chi connectivity index (χ1v) is 14.9. The van der Waals surface area contributed by atoms with Crippen LogP contribution in [0.5, 0.6) is 0 Å². The smallest absolute Gasteiger partial charge is 0.228 e. The SMILES string of the molecule is C/C=C(/C1=C(O[C@@H]2O[C@H](CO)[C@H](O)C(O)C2O)CCC(CCCC/C(C)=C/I)=C1)[C@H]1C=I1. The van der Waals surface area contributed by atoms with Gasteiger partial charge in [-0.15, -0.1) is 20.7 Å². The summed E-state index contributed by atoms with van der Waals surface area (Å²) in [5.41, 5.74) is 5.16. The van der Waals surface area contributed by atoms with Gasteiger partial charge in [-0.25, -0.2) is 0 Å². The Morgan fingerprint density at radius 3 is 2.59 bits per heavy atom. The average molecular weight is 672 g/mol. The first-order valence-electron chi connectivity index (χ1n) is 11.2. The van der Waals surface area contributed by atoms with Crippen molar-refractivity contribution in [2.75, 3.05) is 6.61 Å². The van der Waals surface area contributed by atoms with Crippen molar-refractivity contribution in [3.8, 4) is 0 Å². The van der Waals surface area contributed by atoms with Gasteiger partial charge in [0.25, 0.3) is 0 Å². The number of unbranched alkanes of at least 4 members (excludes halogenated alkanes) is 1. The van der Waals surface area contributed by atoms with Gasteiger partial charge in [0.1, 0.15) is 30.2 Å². The van der Waals surface area contributed by atoms with Crippen molar-refractivity contribution in [3.63, 3.8) is 0 Å². The monoisotopic (exact) mass is 672 g/mol. The maximum Gasteiger partial charge on any atom is 0.228 e. The molecule has 0 bridgehead atoms. The third-order valence-electron chi connectivity index (χ3n) is 6.11. The average Bonchev–Trinajstić information content (AvgIpc) is 3.63. The Bertz CT molecular complexity index is 807. The molecule has 2 aliphatic heterocycles. The summed E-state index contributed by atoms with van der Waals surface area (Å²) >= 11 is 2.38. The standard InChI is InChI=1S/C24H34I2O6/c1-3-16(18-12-26-18)17-10-15(7-5-4-6-14(2)11-25)8-9-19(17)31-24-23(30)22(29)21(28)20(13-27)32-24/h3,10-12,18,20-24,27-30H,4-9,13H2,1-2H3/b14-11+,16-3-/t18-,20-,21+,22?,23?,24-/m1/s1. The van der Waals surface area contributed by atoms with E-state index in [-0.39, 0.29) is 20.7 Å². The van der Waals surface area contributed by atoms with Crippen LogP contribution in [0.15, 0.2) is 44.3 Å². The number of halogens is 2. The maximum atomic E-state index is 10.4. The first-order chi connectivity index (χ1) is 15.4. The molecule has 0 radical (unpaired) electrons. The second-order valence-corrected chi connectivity index (χ2v) is 11.9. The summed E-state index contributed by atoms with van der Waals surface area (Å²) in [5, 5.41) is 40.0. The highest BCUT2D eigenvalue weighted by Gasteiger charge is 2.45. The molecule has 0 amide bonds. The highest BCUT2D eigenvalue weighted by molar-refractivity contribution is 14.2. The molecule has 0 saturated carbocycles. The number of aliphatic hydroxyl groups is 4. The van der Waals surface area contributed by atoms with Crippen molar-refractivity contribution < 1.29 is 29.9 Å². The molecule has 0 aromatic heterocycles. The van der Waals surface area contributed by atoms with Crippen molar-refractivity contribution in [3.05, 3.63) is 44.3 Å². The van der Waals surface area contributed by atoms with Crippen LogP contribution in [0.4, 0.5) is 0 Å². The lowest BCUT2D eigenvalue weighted by atomic mass is 9.89. The number of allylic oxidation sites excluding steroid dienone is 7. The van der Waals surface area contributed by atoms with Gasteiger partial charge in [-0.05, 0) is 59.6 Å². The Labute approximate surface area is 214 Å². The van der Waals surface area contributed by atoms with Crippen LogP contribution in [0, 0.1) is 0 Å². The van der Waals surface area contributed by atoms with Crippen molar-refractivity contribution >= 4 is 47.3 Å². The van der Waals surface area contributed by atoms with Crippen LogP contribution in [0.3, 0.4) is 0 Å². The van der Waals surface area contributed by atoms with Gasteiger partial charge < -0.3 is 29.9 Å². The fourth-order valence-electron chi connectivity index (χ4n) is 4.08. The molecular formula is C24H34I2O6. The van der Waals surface area contributed by atoms with Gasteiger partial charge in [-0.2, -0.15) is 0 Å². The summed E-state index contributed by atoms with van der Waals surface area (Å²) in [6.45, 7) is 3.75. The second-order valence-electron chi connectivity index (χ2n) is 8.51. The summed E-state index contributed by atoms with van der Waals surface area (Å²) in [4.78, 5) is 0. The molecule has 0 aromatic carbocycles. The van der Waals surface area contributed by atoms with E-state index in [0.29, 0.717) is 10.3 Å². The fraction of sp³-hybridized carbons (Fsp3) is 0.625. The van der Waals surface area contributed by atoms with E-state index in [2.05, 4.69) is 49.8 Å². The van der Waals surface area contributed by atoms with E-state index in [9.17, 15) is 20.4 Å². The molecule has 3 aliphatic rings. The molecule has 6 atom stereocenters. The molecule has 4 N–H and O–H groups in total. The van der Waals surface area contributed by atoms with Crippen LogP contribution >= 0.6 is 43.3 Å². The Kier molecular flexibility index (Phi) is 10.4. The number of aliphatic hydroxyl groups excluding tert-OH is 4. The summed E-state index contributed by atoms with van der Waals surface area (Å²) in [6.07, 6.45) is 4.17. The summed E-state index contributed by atoms with van der Waals surface area (Å²) < 4.78 is 16.8. The molecule has 32 heavy (non-hydrogen) atoms. The lowest BCUT2D eigenvalue weighted by molar-refractivity contribution is -0.292. The molecule has 2 heterocycles. The van der Waals surface area contributed by atoms with Gasteiger partial charge in [0.15, 0.2) is 0 Å². The summed E-state index contributed by atoms with van der Waals surface area (Å²) in [7, 11) is 0. The molecule has 6 nitrogen and oxygen atoms in total. The van der Waals surface area contributed by atoms with Crippen molar-refractivity contribution in [2.45, 2.75) is 87.0 Å². The van der Waals surface area contributed by atoms with Crippen LogP contribution in [0.25, 0.3) is 0 Å². The molecule has 1 fully saturated rings. The molecule has 0 spiro atoms. The van der Waals surface area contributed by atoms with E-state index in [4.69, 9.17) is 9.47 Å². The molecule has 8 heteroatoms. The second kappa shape index (κ2) is 12.6. The van der Waals surface area contributed by atoms with Crippen molar-refractivity contribution in [2.24, 2.45) is 0 Å². The van der Waals surface area contributed by atoms with Gasteiger partial charge >= 0.3 is 0 Å². The Morgan fingerprint density at radius 2 is 1.97 bits per heavy atom. The number of hydrogen-bond donors (Lipinski definition) is 4. The van der Waals surface area contributed by atoms with Crippen LogP contribution in [-0.4, -0.2) is 65.7 Å². The largest absolute Gasteiger partial charge is 0.466 e. The highest BCUT2D eigenvalue weighted by atomic mass is 127. The minimum absolute atomic E-state index is 0.0834. The van der Waals surface area contributed by atoms with Crippen LogP contribution in [0.1, 0.15) is 52.4 Å². The minimum atomic E-state index is -1.44. The predicted octanol–water partition coefficient (Wildman–Crippen LogP) is 3.78. The van der Waals surface area contributed by atoms with Gasteiger partial charge in [-0.1, -0.05) is 45.9 Å². The topological polar surface area (TPSA) is 99.4 Å². The molecule has 3 rings (SSSR count). The molecule has 1 aliphatic carbocycles. The van der Waals surface area contributed by atoms with Gasteiger partial charge in [0.05, 0.1) is 10.5 Å². The number of alkyl halides is 1. The highest BCUT2D eigenvalue weighted by Crippen LogP contribution is 2.41. The number of hydrogen-bond acceptors (Lipinski definition) is 6. The fourth-order valence-corrected chi connectivity index (χ4v) is 6.07. The quantitative estimate of drug-likeness (QED) is 0.160. The Hall–Kier alpha value is -0.110. The lowest BCUT2D eigenvalue weighted by Crippen LogP contribution is -2.59. The third kappa shape index (κ3) is 6.73. The van der Waals surface area contributed by atoms with E-state index in [1.165, 1.54) is 23.1 Å².